The Labute approximate surface area is 64.3 Å². The van der Waals surface area contributed by atoms with E-state index in [4.69, 9.17) is 15.9 Å². The summed E-state index contributed by atoms with van der Waals surface area (Å²) in [5, 5.41) is 20.9. The third-order valence-corrected chi connectivity index (χ3v) is 1.41. The number of nitrogens with two attached hydrogens (primary N) is 1. The smallest absolute Gasteiger partial charge is 0.142 e. The molecule has 0 heterocycles. The number of nitrogens with one attached hydrogen (secondary N) is 1. The van der Waals surface area contributed by atoms with Crippen LogP contribution >= 0.6 is 0 Å². The van der Waals surface area contributed by atoms with Crippen LogP contribution in [-0.2, 0) is 0 Å². The quantitative estimate of drug-likeness (QED) is 0.273. The van der Waals surface area contributed by atoms with Crippen molar-refractivity contribution in [2.24, 2.45) is 0 Å². The van der Waals surface area contributed by atoms with E-state index in [9.17, 15) is 0 Å². The fourth-order valence-electron chi connectivity index (χ4n) is 0.794. The zero-order valence-corrected chi connectivity index (χ0v) is 6.13. The summed E-state index contributed by atoms with van der Waals surface area (Å²) in [6.07, 6.45) is 0. The first-order chi connectivity index (χ1) is 5.15. The number of hydrogen-bond acceptors (Lipinski definition) is 4. The summed E-state index contributed by atoms with van der Waals surface area (Å²) in [7, 11) is 1.66. The second kappa shape index (κ2) is 2.57. The van der Waals surface area contributed by atoms with Gasteiger partial charge in [0.1, 0.15) is 11.5 Å². The molecule has 11 heavy (non-hydrogen) atoms. The monoisotopic (exact) mass is 154 g/mol. The van der Waals surface area contributed by atoms with Gasteiger partial charge in [-0.2, -0.15) is 0 Å². The number of anilines is 2. The van der Waals surface area contributed by atoms with E-state index in [-0.39, 0.29) is 17.2 Å². The minimum absolute atomic E-state index is 0.0146. The van der Waals surface area contributed by atoms with E-state index in [1.54, 1.807) is 7.05 Å². The van der Waals surface area contributed by atoms with E-state index >= 15 is 0 Å². The summed E-state index contributed by atoms with van der Waals surface area (Å²) in [5.74, 6) is -0.124. The Morgan fingerprint density at radius 2 is 1.91 bits per heavy atom. The zero-order valence-electron chi connectivity index (χ0n) is 6.13. The number of aromatic hydroxyl groups is 2. The van der Waals surface area contributed by atoms with Crippen molar-refractivity contribution in [2.75, 3.05) is 18.1 Å². The van der Waals surface area contributed by atoms with Crippen molar-refractivity contribution < 1.29 is 10.2 Å². The normalized spacial score (nSPS) is 9.55. The molecule has 0 aliphatic rings. The summed E-state index contributed by atoms with van der Waals surface area (Å²) < 4.78 is 0. The minimum Gasteiger partial charge on any atom is -0.506 e. The van der Waals surface area contributed by atoms with E-state index in [1.165, 1.54) is 12.1 Å². The molecule has 60 valence electrons. The van der Waals surface area contributed by atoms with Gasteiger partial charge in [-0.3, -0.25) is 0 Å². The Balaban J connectivity index is 3.21. The zero-order chi connectivity index (χ0) is 8.43. The van der Waals surface area contributed by atoms with Crippen LogP contribution in [0.25, 0.3) is 0 Å². The van der Waals surface area contributed by atoms with Crippen molar-refractivity contribution in [1.82, 2.24) is 0 Å². The lowest BCUT2D eigenvalue weighted by atomic mass is 10.2. The molecule has 0 aliphatic carbocycles. The van der Waals surface area contributed by atoms with Crippen molar-refractivity contribution in [1.29, 1.82) is 0 Å². The number of nitrogen functional groups attached to an aromatic ring is 1. The first-order valence-electron chi connectivity index (χ1n) is 3.14. The number of rotatable bonds is 1. The van der Waals surface area contributed by atoms with Crippen molar-refractivity contribution in [3.8, 4) is 11.5 Å². The molecule has 0 spiro atoms. The fourth-order valence-corrected chi connectivity index (χ4v) is 0.794. The van der Waals surface area contributed by atoms with Gasteiger partial charge in [-0.15, -0.1) is 0 Å². The average molecular weight is 154 g/mol. The predicted octanol–water partition coefficient (Wildman–Crippen LogP) is 0.722. The van der Waals surface area contributed by atoms with Crippen LogP contribution in [0.5, 0.6) is 11.5 Å². The molecule has 0 atom stereocenters. The van der Waals surface area contributed by atoms with E-state index in [1.807, 2.05) is 0 Å². The highest BCUT2D eigenvalue weighted by Gasteiger charge is 2.03. The maximum absolute atomic E-state index is 9.14. The van der Waals surface area contributed by atoms with Gasteiger partial charge in [0.15, 0.2) is 0 Å². The standard InChI is InChI=1S/C7H10N2O2/c1-9-5-2-4(8)6(10)3-7(5)11/h2-3,9-11H,8H2,1H3. The van der Waals surface area contributed by atoms with Gasteiger partial charge in [-0.1, -0.05) is 0 Å². The molecule has 4 heteroatoms. The lowest BCUT2D eigenvalue weighted by molar-refractivity contribution is 0.453. The summed E-state index contributed by atoms with van der Waals surface area (Å²) in [6.45, 7) is 0. The molecule has 0 radical (unpaired) electrons. The summed E-state index contributed by atoms with van der Waals surface area (Å²) in [5.41, 5.74) is 6.11. The van der Waals surface area contributed by atoms with E-state index in [0.717, 1.165) is 0 Å². The lowest BCUT2D eigenvalue weighted by Gasteiger charge is -2.05. The van der Waals surface area contributed by atoms with Crippen LogP contribution in [0.1, 0.15) is 0 Å². The molecule has 1 aromatic carbocycles. The Morgan fingerprint density at radius 3 is 2.45 bits per heavy atom. The molecule has 0 amide bonds. The van der Waals surface area contributed by atoms with Crippen molar-refractivity contribution >= 4 is 11.4 Å². The van der Waals surface area contributed by atoms with Crippen LogP contribution in [-0.4, -0.2) is 17.3 Å². The SMILES string of the molecule is CNc1cc(N)c(O)cc1O. The Morgan fingerprint density at radius 1 is 1.27 bits per heavy atom. The molecular formula is C7H10N2O2. The molecule has 1 rings (SSSR count). The highest BCUT2D eigenvalue weighted by atomic mass is 16.3. The van der Waals surface area contributed by atoms with Crippen molar-refractivity contribution in [3.05, 3.63) is 12.1 Å². The van der Waals surface area contributed by atoms with Crippen LogP contribution in [0.4, 0.5) is 11.4 Å². The second-order valence-electron chi connectivity index (χ2n) is 2.18. The highest BCUT2D eigenvalue weighted by molar-refractivity contribution is 5.68. The molecule has 0 unspecified atom stereocenters. The predicted molar refractivity (Wildman–Crippen MR) is 43.7 cm³/mol. The molecule has 0 saturated heterocycles. The topological polar surface area (TPSA) is 78.5 Å². The minimum atomic E-state index is -0.110. The third-order valence-electron chi connectivity index (χ3n) is 1.41. The first kappa shape index (κ1) is 7.53. The number of phenolic OH excluding ortho intramolecular Hbond substituents is 2. The molecule has 1 aromatic rings. The van der Waals surface area contributed by atoms with Gasteiger partial charge in [-0.25, -0.2) is 0 Å². The average Bonchev–Trinajstić information content (AvgIpc) is 1.97. The van der Waals surface area contributed by atoms with Crippen molar-refractivity contribution in [2.45, 2.75) is 0 Å². The van der Waals surface area contributed by atoms with E-state index in [0.29, 0.717) is 5.69 Å². The third kappa shape index (κ3) is 1.29. The van der Waals surface area contributed by atoms with Gasteiger partial charge in [0, 0.05) is 13.1 Å². The maximum Gasteiger partial charge on any atom is 0.142 e. The Bertz CT molecular complexity index is 273. The van der Waals surface area contributed by atoms with Crippen LogP contribution < -0.4 is 11.1 Å². The van der Waals surface area contributed by atoms with Gasteiger partial charge in [0.2, 0.25) is 0 Å². The van der Waals surface area contributed by atoms with Gasteiger partial charge in [0.05, 0.1) is 11.4 Å². The van der Waals surface area contributed by atoms with Crippen molar-refractivity contribution in [3.63, 3.8) is 0 Å². The maximum atomic E-state index is 9.14. The Hall–Kier alpha value is -1.58. The molecule has 0 bridgehead atoms. The molecule has 0 aromatic heterocycles. The number of hydrogen-bond donors (Lipinski definition) is 4. The number of phenols is 2. The fraction of sp³-hybridized carbons (Fsp3) is 0.143. The molecule has 0 fully saturated rings. The molecule has 0 saturated carbocycles. The molecule has 4 nitrogen and oxygen atoms in total. The first-order valence-corrected chi connectivity index (χ1v) is 3.14. The molecule has 0 aliphatic heterocycles. The van der Waals surface area contributed by atoms with E-state index < -0.39 is 0 Å². The second-order valence-corrected chi connectivity index (χ2v) is 2.18. The summed E-state index contributed by atoms with van der Waals surface area (Å²) in [6, 6.07) is 2.66. The largest absolute Gasteiger partial charge is 0.506 e. The van der Waals surface area contributed by atoms with Crippen LogP contribution in [0.3, 0.4) is 0 Å². The van der Waals surface area contributed by atoms with Crippen LogP contribution in [0.15, 0.2) is 12.1 Å². The Kier molecular flexibility index (Phi) is 1.76. The summed E-state index contributed by atoms with van der Waals surface area (Å²) in [4.78, 5) is 0. The molecule has 5 N–H and O–H groups in total. The highest BCUT2D eigenvalue weighted by Crippen LogP contribution is 2.32. The molecular weight excluding hydrogens is 144 g/mol. The lowest BCUT2D eigenvalue weighted by Crippen LogP contribution is -1.91. The van der Waals surface area contributed by atoms with Crippen LogP contribution in [0.2, 0.25) is 0 Å². The van der Waals surface area contributed by atoms with Gasteiger partial charge in [-0.05, 0) is 6.07 Å². The van der Waals surface area contributed by atoms with Crippen LogP contribution in [0, 0.1) is 0 Å². The van der Waals surface area contributed by atoms with Gasteiger partial charge >= 0.3 is 0 Å². The van der Waals surface area contributed by atoms with Gasteiger partial charge in [0.25, 0.3) is 0 Å². The number of benzene rings is 1. The van der Waals surface area contributed by atoms with E-state index in [2.05, 4.69) is 5.32 Å². The summed E-state index contributed by atoms with van der Waals surface area (Å²) >= 11 is 0. The van der Waals surface area contributed by atoms with Gasteiger partial charge < -0.3 is 21.3 Å².